The third-order valence-corrected chi connectivity index (χ3v) is 3.51. The van der Waals surface area contributed by atoms with Crippen molar-refractivity contribution in [1.29, 1.82) is 0 Å². The lowest BCUT2D eigenvalue weighted by molar-refractivity contribution is 0.0778. The average Bonchev–Trinajstić information content (AvgIpc) is 2.75. The Balaban J connectivity index is 2.63. The predicted molar refractivity (Wildman–Crippen MR) is 77.0 cm³/mol. The van der Waals surface area contributed by atoms with Crippen LogP contribution in [0.4, 0.5) is 0 Å². The molecular formula is C14H26N4O. The molecule has 0 bridgehead atoms. The molecule has 5 heteroatoms. The fourth-order valence-corrected chi connectivity index (χ4v) is 1.87. The molecule has 1 unspecified atom stereocenters. The molecule has 1 aromatic rings. The molecule has 1 amide bonds. The van der Waals surface area contributed by atoms with Gasteiger partial charge in [-0.3, -0.25) is 9.48 Å². The smallest absolute Gasteiger partial charge is 0.271 e. The Morgan fingerprint density at radius 3 is 2.63 bits per heavy atom. The fraction of sp³-hybridized carbons (Fsp3) is 0.714. The van der Waals surface area contributed by atoms with E-state index in [1.165, 1.54) is 0 Å². The SMILES string of the molecule is CCc1cc(C(=O)N(C)CCC(N)C(C)C)n(C)n1. The summed E-state index contributed by atoms with van der Waals surface area (Å²) in [6.45, 7) is 6.90. The van der Waals surface area contributed by atoms with Crippen molar-refractivity contribution in [2.75, 3.05) is 13.6 Å². The van der Waals surface area contributed by atoms with E-state index in [0.717, 1.165) is 18.5 Å². The van der Waals surface area contributed by atoms with Crippen molar-refractivity contribution in [2.24, 2.45) is 18.7 Å². The molecular weight excluding hydrogens is 240 g/mol. The number of hydrogen-bond donors (Lipinski definition) is 1. The summed E-state index contributed by atoms with van der Waals surface area (Å²) < 4.78 is 1.65. The number of aryl methyl sites for hydroxylation is 2. The first kappa shape index (κ1) is 15.7. The Kier molecular flexibility index (Phi) is 5.54. The second-order valence-corrected chi connectivity index (χ2v) is 5.42. The molecule has 0 aliphatic heterocycles. The lowest BCUT2D eigenvalue weighted by Crippen LogP contribution is -2.35. The standard InChI is InChI=1S/C14H26N4O/c1-6-11-9-13(18(5)16-11)14(19)17(4)8-7-12(15)10(2)3/h9-10,12H,6-8,15H2,1-5H3. The van der Waals surface area contributed by atoms with Gasteiger partial charge in [-0.05, 0) is 24.8 Å². The predicted octanol–water partition coefficient (Wildman–Crippen LogP) is 1.43. The van der Waals surface area contributed by atoms with Crippen LogP contribution in [0.1, 0.15) is 43.4 Å². The maximum atomic E-state index is 12.3. The number of aromatic nitrogens is 2. The average molecular weight is 266 g/mol. The highest BCUT2D eigenvalue weighted by atomic mass is 16.2. The molecule has 5 nitrogen and oxygen atoms in total. The van der Waals surface area contributed by atoms with Crippen LogP contribution in [0.25, 0.3) is 0 Å². The van der Waals surface area contributed by atoms with Crippen LogP contribution in [0.5, 0.6) is 0 Å². The monoisotopic (exact) mass is 266 g/mol. The molecule has 0 aliphatic rings. The summed E-state index contributed by atoms with van der Waals surface area (Å²) in [5.74, 6) is 0.442. The second-order valence-electron chi connectivity index (χ2n) is 5.42. The molecule has 0 aliphatic carbocycles. The highest BCUT2D eigenvalue weighted by molar-refractivity contribution is 5.92. The minimum atomic E-state index is 0.00524. The summed E-state index contributed by atoms with van der Waals surface area (Å²) in [4.78, 5) is 14.0. The molecule has 0 radical (unpaired) electrons. The number of nitrogens with zero attached hydrogens (tertiary/aromatic N) is 3. The van der Waals surface area contributed by atoms with E-state index < -0.39 is 0 Å². The van der Waals surface area contributed by atoms with Gasteiger partial charge in [-0.15, -0.1) is 0 Å². The molecule has 0 saturated carbocycles. The van der Waals surface area contributed by atoms with E-state index in [1.54, 1.807) is 16.6 Å². The Morgan fingerprint density at radius 1 is 1.53 bits per heavy atom. The molecule has 0 spiro atoms. The maximum absolute atomic E-state index is 12.3. The summed E-state index contributed by atoms with van der Waals surface area (Å²) in [6.07, 6.45) is 1.65. The van der Waals surface area contributed by atoms with Crippen molar-refractivity contribution in [1.82, 2.24) is 14.7 Å². The van der Waals surface area contributed by atoms with Crippen molar-refractivity contribution in [2.45, 2.75) is 39.7 Å². The Labute approximate surface area is 115 Å². The molecule has 108 valence electrons. The molecule has 0 aromatic carbocycles. The summed E-state index contributed by atoms with van der Waals surface area (Å²) >= 11 is 0. The lowest BCUT2D eigenvalue weighted by Gasteiger charge is -2.21. The lowest BCUT2D eigenvalue weighted by atomic mass is 10.0. The van der Waals surface area contributed by atoms with Crippen molar-refractivity contribution in [3.05, 3.63) is 17.5 Å². The van der Waals surface area contributed by atoms with Gasteiger partial charge in [0.15, 0.2) is 0 Å². The maximum Gasteiger partial charge on any atom is 0.271 e. The van der Waals surface area contributed by atoms with E-state index in [-0.39, 0.29) is 11.9 Å². The first-order valence-electron chi connectivity index (χ1n) is 6.90. The summed E-state index contributed by atoms with van der Waals surface area (Å²) in [7, 11) is 3.62. The molecule has 0 saturated heterocycles. The van der Waals surface area contributed by atoms with Crippen LogP contribution >= 0.6 is 0 Å². The highest BCUT2D eigenvalue weighted by Gasteiger charge is 2.18. The van der Waals surface area contributed by atoms with Gasteiger partial charge in [0.05, 0.1) is 5.69 Å². The molecule has 0 fully saturated rings. The Bertz CT molecular complexity index is 425. The van der Waals surface area contributed by atoms with Gasteiger partial charge in [0.2, 0.25) is 0 Å². The van der Waals surface area contributed by atoms with E-state index in [4.69, 9.17) is 5.73 Å². The molecule has 1 aromatic heterocycles. The van der Waals surface area contributed by atoms with Gasteiger partial charge < -0.3 is 10.6 Å². The number of amides is 1. The van der Waals surface area contributed by atoms with E-state index >= 15 is 0 Å². The van der Waals surface area contributed by atoms with Crippen LogP contribution in [0.3, 0.4) is 0 Å². The summed E-state index contributed by atoms with van der Waals surface area (Å²) in [5, 5.41) is 4.30. The van der Waals surface area contributed by atoms with Gasteiger partial charge in [0.25, 0.3) is 5.91 Å². The zero-order valence-electron chi connectivity index (χ0n) is 12.7. The van der Waals surface area contributed by atoms with Crippen LogP contribution in [-0.2, 0) is 13.5 Å². The summed E-state index contributed by atoms with van der Waals surface area (Å²) in [5.41, 5.74) is 7.58. The minimum absolute atomic E-state index is 0.00524. The Morgan fingerprint density at radius 2 is 2.16 bits per heavy atom. The van der Waals surface area contributed by atoms with Gasteiger partial charge in [-0.1, -0.05) is 20.8 Å². The Hall–Kier alpha value is -1.36. The van der Waals surface area contributed by atoms with E-state index in [0.29, 0.717) is 18.2 Å². The van der Waals surface area contributed by atoms with Crippen LogP contribution in [0.2, 0.25) is 0 Å². The van der Waals surface area contributed by atoms with Gasteiger partial charge in [-0.25, -0.2) is 0 Å². The van der Waals surface area contributed by atoms with E-state index in [2.05, 4.69) is 18.9 Å². The van der Waals surface area contributed by atoms with Crippen LogP contribution in [0, 0.1) is 5.92 Å². The second kappa shape index (κ2) is 6.70. The van der Waals surface area contributed by atoms with Crippen LogP contribution in [0.15, 0.2) is 6.07 Å². The molecule has 1 atom stereocenters. The molecule has 19 heavy (non-hydrogen) atoms. The molecule has 1 rings (SSSR count). The molecule has 1 heterocycles. The molecule has 2 N–H and O–H groups in total. The third-order valence-electron chi connectivity index (χ3n) is 3.51. The topological polar surface area (TPSA) is 64.2 Å². The quantitative estimate of drug-likeness (QED) is 0.847. The normalized spacial score (nSPS) is 12.8. The number of carbonyl (C=O) groups excluding carboxylic acids is 1. The fourth-order valence-electron chi connectivity index (χ4n) is 1.87. The van der Waals surface area contributed by atoms with Crippen molar-refractivity contribution < 1.29 is 4.79 Å². The number of hydrogen-bond acceptors (Lipinski definition) is 3. The summed E-state index contributed by atoms with van der Waals surface area (Å²) in [6, 6.07) is 1.99. The van der Waals surface area contributed by atoms with Gasteiger partial charge in [-0.2, -0.15) is 5.10 Å². The third kappa shape index (κ3) is 4.06. The highest BCUT2D eigenvalue weighted by Crippen LogP contribution is 2.09. The first-order chi connectivity index (χ1) is 8.86. The van der Waals surface area contributed by atoms with E-state index in [9.17, 15) is 4.79 Å². The van der Waals surface area contributed by atoms with E-state index in [1.807, 2.05) is 20.0 Å². The van der Waals surface area contributed by atoms with Crippen molar-refractivity contribution in [3.63, 3.8) is 0 Å². The number of rotatable bonds is 6. The number of nitrogens with two attached hydrogens (primary N) is 1. The largest absolute Gasteiger partial charge is 0.340 e. The number of carbonyl (C=O) groups is 1. The zero-order chi connectivity index (χ0) is 14.6. The van der Waals surface area contributed by atoms with Gasteiger partial charge in [0.1, 0.15) is 5.69 Å². The van der Waals surface area contributed by atoms with Crippen molar-refractivity contribution in [3.8, 4) is 0 Å². The van der Waals surface area contributed by atoms with Crippen molar-refractivity contribution >= 4 is 5.91 Å². The zero-order valence-corrected chi connectivity index (χ0v) is 12.7. The van der Waals surface area contributed by atoms with Crippen LogP contribution in [-0.4, -0.2) is 40.2 Å². The van der Waals surface area contributed by atoms with Gasteiger partial charge in [0, 0.05) is 26.7 Å². The van der Waals surface area contributed by atoms with Gasteiger partial charge >= 0.3 is 0 Å². The van der Waals surface area contributed by atoms with Crippen LogP contribution < -0.4 is 5.73 Å². The minimum Gasteiger partial charge on any atom is -0.340 e. The first-order valence-corrected chi connectivity index (χ1v) is 6.90.